The van der Waals surface area contributed by atoms with Gasteiger partial charge in [-0.25, -0.2) is 4.98 Å². The Hall–Kier alpha value is -2.36. The topological polar surface area (TPSA) is 55.1 Å². The fourth-order valence-corrected chi connectivity index (χ4v) is 3.84. The summed E-state index contributed by atoms with van der Waals surface area (Å²) in [7, 11) is 3.16. The van der Waals surface area contributed by atoms with E-state index in [2.05, 4.69) is 27.0 Å². The average molecular weight is 401 g/mol. The van der Waals surface area contributed by atoms with Crippen LogP contribution in [0.1, 0.15) is 10.6 Å². The van der Waals surface area contributed by atoms with Crippen LogP contribution >= 0.6 is 27.3 Å². The van der Waals surface area contributed by atoms with Gasteiger partial charge in [-0.05, 0) is 51.8 Å². The number of methoxy groups -OCH3 is 2. The molecule has 0 fully saturated rings. The maximum absolute atomic E-state index is 9.56. The summed E-state index contributed by atoms with van der Waals surface area (Å²) < 4.78 is 12.4. The lowest BCUT2D eigenvalue weighted by molar-refractivity contribution is 0.353. The summed E-state index contributed by atoms with van der Waals surface area (Å²) in [4.78, 5) is 4.54. The van der Waals surface area contributed by atoms with Gasteiger partial charge in [0.1, 0.15) is 11.1 Å². The van der Waals surface area contributed by atoms with E-state index in [1.54, 1.807) is 20.3 Å². The monoisotopic (exact) mass is 400 g/mol. The summed E-state index contributed by atoms with van der Waals surface area (Å²) in [5, 5.41) is 10.3. The van der Waals surface area contributed by atoms with Crippen molar-refractivity contribution in [3.05, 3.63) is 51.4 Å². The molecule has 0 spiro atoms. The van der Waals surface area contributed by atoms with Crippen LogP contribution in [0, 0.1) is 11.3 Å². The number of rotatable bonds is 4. The smallest absolute Gasteiger partial charge is 0.175 e. The van der Waals surface area contributed by atoms with Crippen molar-refractivity contribution in [3.63, 3.8) is 0 Å². The average Bonchev–Trinajstić information content (AvgIpc) is 3.04. The van der Waals surface area contributed by atoms with E-state index in [-0.39, 0.29) is 0 Å². The lowest BCUT2D eigenvalue weighted by atomic mass is 10.1. The molecule has 0 N–H and O–H groups in total. The van der Waals surface area contributed by atoms with Crippen LogP contribution in [0.3, 0.4) is 0 Å². The largest absolute Gasteiger partial charge is 0.493 e. The zero-order valence-electron chi connectivity index (χ0n) is 13.0. The number of thiazole rings is 1. The second-order valence-electron chi connectivity index (χ2n) is 4.86. The van der Waals surface area contributed by atoms with Crippen molar-refractivity contribution in [2.75, 3.05) is 14.2 Å². The van der Waals surface area contributed by atoms with Gasteiger partial charge in [0.05, 0.1) is 34.5 Å². The van der Waals surface area contributed by atoms with Crippen LogP contribution in [0.25, 0.3) is 21.9 Å². The summed E-state index contributed by atoms with van der Waals surface area (Å²) in [6.45, 7) is 0. The van der Waals surface area contributed by atoms with E-state index >= 15 is 0 Å². The van der Waals surface area contributed by atoms with Crippen LogP contribution in [-0.4, -0.2) is 19.2 Å². The first-order chi connectivity index (χ1) is 11.7. The number of hydrogen-bond acceptors (Lipinski definition) is 5. The van der Waals surface area contributed by atoms with Gasteiger partial charge in [0.25, 0.3) is 0 Å². The molecule has 3 aromatic rings. The second-order valence-corrected chi connectivity index (χ2v) is 6.68. The summed E-state index contributed by atoms with van der Waals surface area (Å²) in [5.74, 6) is 1.22. The minimum Gasteiger partial charge on any atom is -0.493 e. The first-order valence-corrected chi connectivity index (χ1v) is 8.67. The van der Waals surface area contributed by atoms with Gasteiger partial charge < -0.3 is 9.47 Å². The third kappa shape index (κ3) is 3.01. The molecular formula is C18H13BrN2O2S. The Bertz CT molecular complexity index is 940. The summed E-state index contributed by atoms with van der Waals surface area (Å²) in [5.41, 5.74) is 2.22. The van der Waals surface area contributed by atoms with E-state index in [0.717, 1.165) is 20.3 Å². The number of para-hydroxylation sites is 1. The molecule has 120 valence electrons. The first kappa shape index (κ1) is 16.5. The van der Waals surface area contributed by atoms with Gasteiger partial charge in [0, 0.05) is 0 Å². The Labute approximate surface area is 152 Å². The summed E-state index contributed by atoms with van der Waals surface area (Å²) in [6, 6.07) is 13.8. The minimum absolute atomic E-state index is 0.504. The van der Waals surface area contributed by atoms with Crippen LogP contribution < -0.4 is 9.47 Å². The highest BCUT2D eigenvalue weighted by Crippen LogP contribution is 2.39. The lowest BCUT2D eigenvalue weighted by Crippen LogP contribution is -1.93. The number of benzene rings is 2. The molecule has 0 radical (unpaired) electrons. The second kappa shape index (κ2) is 7.04. The number of ether oxygens (including phenoxy) is 2. The molecule has 2 aromatic carbocycles. The van der Waals surface area contributed by atoms with Crippen LogP contribution in [-0.2, 0) is 0 Å². The Kier molecular flexibility index (Phi) is 4.84. The molecule has 0 unspecified atom stereocenters. The number of nitrogens with zero attached hydrogens (tertiary/aromatic N) is 2. The Morgan fingerprint density at radius 1 is 1.21 bits per heavy atom. The highest BCUT2D eigenvalue weighted by Gasteiger charge is 2.14. The van der Waals surface area contributed by atoms with Gasteiger partial charge in [-0.2, -0.15) is 5.26 Å². The number of nitriles is 1. The normalized spacial score (nSPS) is 11.3. The summed E-state index contributed by atoms with van der Waals surface area (Å²) >= 11 is 5.02. The molecule has 0 bridgehead atoms. The van der Waals surface area contributed by atoms with Crippen molar-refractivity contribution in [1.82, 2.24) is 4.98 Å². The number of halogens is 1. The quantitative estimate of drug-likeness (QED) is 0.568. The lowest BCUT2D eigenvalue weighted by Gasteiger charge is -2.11. The van der Waals surface area contributed by atoms with Gasteiger partial charge in [0.2, 0.25) is 0 Å². The van der Waals surface area contributed by atoms with E-state index in [4.69, 9.17) is 9.47 Å². The third-order valence-electron chi connectivity index (χ3n) is 3.46. The SMILES string of the molecule is COc1ccc(/C=C(/C#N)c2nc3ccccc3s2)c(Br)c1OC. The molecule has 24 heavy (non-hydrogen) atoms. The fraction of sp³-hybridized carbons (Fsp3) is 0.111. The van der Waals surface area contributed by atoms with Crippen molar-refractivity contribution < 1.29 is 9.47 Å². The zero-order valence-corrected chi connectivity index (χ0v) is 15.4. The highest BCUT2D eigenvalue weighted by molar-refractivity contribution is 9.10. The van der Waals surface area contributed by atoms with Crippen molar-refractivity contribution >= 4 is 49.1 Å². The third-order valence-corrected chi connectivity index (χ3v) is 5.35. The molecule has 0 saturated carbocycles. The van der Waals surface area contributed by atoms with Gasteiger partial charge in [-0.1, -0.05) is 12.1 Å². The van der Waals surface area contributed by atoms with Crippen molar-refractivity contribution in [2.45, 2.75) is 0 Å². The van der Waals surface area contributed by atoms with Gasteiger partial charge in [-0.3, -0.25) is 0 Å². The molecule has 0 aliphatic rings. The van der Waals surface area contributed by atoms with Gasteiger partial charge in [-0.15, -0.1) is 11.3 Å². The predicted molar refractivity (Wildman–Crippen MR) is 100 cm³/mol. The Morgan fingerprint density at radius 2 is 2.00 bits per heavy atom. The molecule has 0 aliphatic carbocycles. The molecule has 3 rings (SSSR count). The van der Waals surface area contributed by atoms with E-state index < -0.39 is 0 Å². The van der Waals surface area contributed by atoms with E-state index in [9.17, 15) is 5.26 Å². The van der Waals surface area contributed by atoms with Gasteiger partial charge >= 0.3 is 0 Å². The molecule has 0 atom stereocenters. The summed E-state index contributed by atoms with van der Waals surface area (Å²) in [6.07, 6.45) is 1.80. The van der Waals surface area contributed by atoms with E-state index in [1.807, 2.05) is 36.4 Å². The Balaban J connectivity index is 2.10. The van der Waals surface area contributed by atoms with Gasteiger partial charge in [0.15, 0.2) is 11.5 Å². The minimum atomic E-state index is 0.504. The highest BCUT2D eigenvalue weighted by atomic mass is 79.9. The molecule has 0 amide bonds. The number of allylic oxidation sites excluding steroid dienone is 1. The molecule has 1 heterocycles. The van der Waals surface area contributed by atoms with Crippen molar-refractivity contribution in [2.24, 2.45) is 0 Å². The Morgan fingerprint density at radius 3 is 2.67 bits per heavy atom. The predicted octanol–water partition coefficient (Wildman–Crippen LogP) is 5.14. The molecule has 6 heteroatoms. The zero-order chi connectivity index (χ0) is 17.1. The number of fused-ring (bicyclic) bond motifs is 1. The maximum Gasteiger partial charge on any atom is 0.175 e. The van der Waals surface area contributed by atoms with Crippen LogP contribution in [0.4, 0.5) is 0 Å². The van der Waals surface area contributed by atoms with Crippen molar-refractivity contribution in [1.29, 1.82) is 5.26 Å². The fourth-order valence-electron chi connectivity index (χ4n) is 2.30. The molecular weight excluding hydrogens is 388 g/mol. The van der Waals surface area contributed by atoms with Crippen LogP contribution in [0.2, 0.25) is 0 Å². The molecule has 0 saturated heterocycles. The van der Waals surface area contributed by atoms with E-state index in [1.165, 1.54) is 11.3 Å². The number of hydrogen-bond donors (Lipinski definition) is 0. The molecule has 4 nitrogen and oxygen atoms in total. The van der Waals surface area contributed by atoms with E-state index in [0.29, 0.717) is 22.1 Å². The first-order valence-electron chi connectivity index (χ1n) is 7.06. The standard InChI is InChI=1S/C18H13BrN2O2S/c1-22-14-8-7-11(16(19)17(14)23-2)9-12(10-20)18-21-13-5-3-4-6-15(13)24-18/h3-9H,1-2H3/b12-9-. The number of aromatic nitrogens is 1. The van der Waals surface area contributed by atoms with Crippen LogP contribution in [0.15, 0.2) is 40.9 Å². The van der Waals surface area contributed by atoms with Crippen LogP contribution in [0.5, 0.6) is 11.5 Å². The van der Waals surface area contributed by atoms with Crippen molar-refractivity contribution in [3.8, 4) is 17.6 Å². The maximum atomic E-state index is 9.56. The molecule has 1 aromatic heterocycles. The molecule has 0 aliphatic heterocycles.